The smallest absolute Gasteiger partial charge is 0.244 e. The molecule has 7 heteroatoms. The SMILES string of the molecule is COC[C@@]12COC[C@@H]1CN(S(=O)(=O)c1ccccc1C#N)C2. The van der Waals surface area contributed by atoms with Gasteiger partial charge in [-0.25, -0.2) is 8.42 Å². The molecule has 0 aliphatic carbocycles. The largest absolute Gasteiger partial charge is 0.384 e. The lowest BCUT2D eigenvalue weighted by molar-refractivity contribution is 0.0601. The summed E-state index contributed by atoms with van der Waals surface area (Å²) in [6.07, 6.45) is 0. The standard InChI is InChI=1S/C15H18N2O4S/c1-20-10-15-9-17(7-13(15)8-21-11-15)22(18,19)14-5-3-2-4-12(14)6-16/h2-5,13H,7-11H2,1H3/t13-,15-/m0/s1. The fourth-order valence-corrected chi connectivity index (χ4v) is 5.10. The first-order chi connectivity index (χ1) is 10.5. The maximum atomic E-state index is 12.9. The van der Waals surface area contributed by atoms with Gasteiger partial charge in [0.25, 0.3) is 0 Å². The summed E-state index contributed by atoms with van der Waals surface area (Å²) in [7, 11) is -2.06. The molecule has 1 aromatic rings. The number of hydrogen-bond donors (Lipinski definition) is 0. The van der Waals surface area contributed by atoms with E-state index in [1.54, 1.807) is 19.2 Å². The highest BCUT2D eigenvalue weighted by atomic mass is 32.2. The van der Waals surface area contributed by atoms with Crippen molar-refractivity contribution in [1.82, 2.24) is 4.31 Å². The molecular weight excluding hydrogens is 304 g/mol. The number of sulfonamides is 1. The van der Waals surface area contributed by atoms with Gasteiger partial charge < -0.3 is 9.47 Å². The summed E-state index contributed by atoms with van der Waals surface area (Å²) in [5, 5.41) is 9.15. The minimum absolute atomic E-state index is 0.0750. The maximum absolute atomic E-state index is 12.9. The Balaban J connectivity index is 1.94. The zero-order chi connectivity index (χ0) is 15.8. The summed E-state index contributed by atoms with van der Waals surface area (Å²) in [5.41, 5.74) is -0.0970. The third kappa shape index (κ3) is 2.32. The summed E-state index contributed by atoms with van der Waals surface area (Å²) in [6.45, 7) is 2.31. The molecule has 0 aromatic heterocycles. The lowest BCUT2D eigenvalue weighted by Gasteiger charge is -2.26. The van der Waals surface area contributed by atoms with E-state index in [9.17, 15) is 8.42 Å². The van der Waals surface area contributed by atoms with Crippen molar-refractivity contribution in [2.45, 2.75) is 4.90 Å². The second-order valence-electron chi connectivity index (χ2n) is 5.91. The van der Waals surface area contributed by atoms with Crippen molar-refractivity contribution >= 4 is 10.0 Å². The first kappa shape index (κ1) is 15.4. The van der Waals surface area contributed by atoms with Crippen molar-refractivity contribution in [1.29, 1.82) is 5.26 Å². The number of ether oxygens (including phenoxy) is 2. The van der Waals surface area contributed by atoms with Crippen molar-refractivity contribution in [2.75, 3.05) is 40.0 Å². The summed E-state index contributed by atoms with van der Waals surface area (Å²) in [5.74, 6) is 0.136. The average molecular weight is 322 g/mol. The second kappa shape index (κ2) is 5.63. The molecule has 0 amide bonds. The predicted octanol–water partition coefficient (Wildman–Crippen LogP) is 0.842. The highest BCUT2D eigenvalue weighted by Gasteiger charge is 2.53. The van der Waals surface area contributed by atoms with Gasteiger partial charge in [0.05, 0.1) is 30.3 Å². The minimum atomic E-state index is -3.68. The van der Waals surface area contributed by atoms with Crippen molar-refractivity contribution in [3.8, 4) is 6.07 Å². The van der Waals surface area contributed by atoms with Crippen molar-refractivity contribution in [3.63, 3.8) is 0 Å². The minimum Gasteiger partial charge on any atom is -0.384 e. The molecule has 0 unspecified atom stereocenters. The Morgan fingerprint density at radius 3 is 3.00 bits per heavy atom. The molecule has 118 valence electrons. The summed E-state index contributed by atoms with van der Waals surface area (Å²) in [6, 6.07) is 8.27. The van der Waals surface area contributed by atoms with Gasteiger partial charge in [-0.2, -0.15) is 9.57 Å². The molecule has 2 heterocycles. The summed E-state index contributed by atoms with van der Waals surface area (Å²) >= 11 is 0. The van der Waals surface area contributed by atoms with E-state index in [0.29, 0.717) is 32.9 Å². The highest BCUT2D eigenvalue weighted by Crippen LogP contribution is 2.43. The van der Waals surface area contributed by atoms with Crippen LogP contribution in [0.15, 0.2) is 29.2 Å². The van der Waals surface area contributed by atoms with Crippen molar-refractivity contribution < 1.29 is 17.9 Å². The van der Waals surface area contributed by atoms with Gasteiger partial charge in [-0.3, -0.25) is 0 Å². The van der Waals surface area contributed by atoms with E-state index >= 15 is 0 Å². The van der Waals surface area contributed by atoms with Gasteiger partial charge in [0.2, 0.25) is 10.0 Å². The Morgan fingerprint density at radius 2 is 2.27 bits per heavy atom. The molecule has 2 atom stereocenters. The molecule has 6 nitrogen and oxygen atoms in total. The van der Waals surface area contributed by atoms with Crippen LogP contribution in [-0.2, 0) is 19.5 Å². The first-order valence-corrected chi connectivity index (χ1v) is 8.53. The van der Waals surface area contributed by atoms with E-state index in [1.165, 1.54) is 16.4 Å². The Labute approximate surface area is 130 Å². The van der Waals surface area contributed by atoms with Crippen LogP contribution in [0.3, 0.4) is 0 Å². The van der Waals surface area contributed by atoms with Gasteiger partial charge >= 0.3 is 0 Å². The van der Waals surface area contributed by atoms with Crippen molar-refractivity contribution in [3.05, 3.63) is 29.8 Å². The number of rotatable bonds is 4. The van der Waals surface area contributed by atoms with Crippen LogP contribution in [0.5, 0.6) is 0 Å². The number of nitrogens with zero attached hydrogens (tertiary/aromatic N) is 2. The molecule has 0 radical (unpaired) electrons. The van der Waals surface area contributed by atoms with Crippen molar-refractivity contribution in [2.24, 2.45) is 11.3 Å². The first-order valence-electron chi connectivity index (χ1n) is 7.09. The molecule has 0 bridgehead atoms. The van der Waals surface area contributed by atoms with Crippen LogP contribution in [0.4, 0.5) is 0 Å². The zero-order valence-electron chi connectivity index (χ0n) is 12.4. The fraction of sp³-hybridized carbons (Fsp3) is 0.533. The Morgan fingerprint density at radius 1 is 1.50 bits per heavy atom. The van der Waals surface area contributed by atoms with Crippen LogP contribution in [0.1, 0.15) is 5.56 Å². The van der Waals surface area contributed by atoms with Gasteiger partial charge in [0.1, 0.15) is 6.07 Å². The number of benzene rings is 1. The Kier molecular flexibility index (Phi) is 3.95. The quantitative estimate of drug-likeness (QED) is 0.821. The molecule has 2 aliphatic heterocycles. The van der Waals surface area contributed by atoms with Crippen LogP contribution in [0.2, 0.25) is 0 Å². The predicted molar refractivity (Wildman–Crippen MR) is 78.5 cm³/mol. The molecule has 2 saturated heterocycles. The topological polar surface area (TPSA) is 79.6 Å². The number of nitriles is 1. The molecule has 0 N–H and O–H groups in total. The highest BCUT2D eigenvalue weighted by molar-refractivity contribution is 7.89. The molecular formula is C15H18N2O4S. The third-order valence-corrected chi connectivity index (χ3v) is 6.42. The Hall–Kier alpha value is -1.46. The molecule has 0 saturated carbocycles. The van der Waals surface area contributed by atoms with E-state index < -0.39 is 10.0 Å². The van der Waals surface area contributed by atoms with Crippen LogP contribution < -0.4 is 0 Å². The van der Waals surface area contributed by atoms with E-state index in [0.717, 1.165) is 0 Å². The molecule has 22 heavy (non-hydrogen) atoms. The fourth-order valence-electron chi connectivity index (χ4n) is 3.38. The van der Waals surface area contributed by atoms with Crippen LogP contribution in [0.25, 0.3) is 0 Å². The van der Waals surface area contributed by atoms with E-state index in [2.05, 4.69) is 0 Å². The lowest BCUT2D eigenvalue weighted by atomic mass is 9.82. The average Bonchev–Trinajstić information content (AvgIpc) is 3.04. The number of hydrogen-bond acceptors (Lipinski definition) is 5. The molecule has 3 rings (SSSR count). The lowest BCUT2D eigenvalue weighted by Crippen LogP contribution is -2.37. The second-order valence-corrected chi connectivity index (χ2v) is 7.82. The van der Waals surface area contributed by atoms with Gasteiger partial charge in [0, 0.05) is 31.5 Å². The maximum Gasteiger partial charge on any atom is 0.244 e. The van der Waals surface area contributed by atoms with Gasteiger partial charge in [-0.15, -0.1) is 0 Å². The summed E-state index contributed by atoms with van der Waals surface area (Å²) in [4.78, 5) is 0.0750. The van der Waals surface area contributed by atoms with E-state index in [4.69, 9.17) is 14.7 Å². The normalized spacial score (nSPS) is 28.5. The number of fused-ring (bicyclic) bond motifs is 1. The molecule has 2 aliphatic rings. The van der Waals surface area contributed by atoms with Crippen LogP contribution >= 0.6 is 0 Å². The Bertz CT molecular complexity index is 712. The van der Waals surface area contributed by atoms with E-state index in [1.807, 2.05) is 6.07 Å². The van der Waals surface area contributed by atoms with Crippen LogP contribution in [-0.4, -0.2) is 52.7 Å². The zero-order valence-corrected chi connectivity index (χ0v) is 13.2. The van der Waals surface area contributed by atoms with Crippen LogP contribution in [0, 0.1) is 22.7 Å². The third-order valence-electron chi connectivity index (χ3n) is 4.55. The monoisotopic (exact) mass is 322 g/mol. The van der Waals surface area contributed by atoms with Gasteiger partial charge in [-0.05, 0) is 12.1 Å². The van der Waals surface area contributed by atoms with E-state index in [-0.39, 0.29) is 21.8 Å². The summed E-state index contributed by atoms with van der Waals surface area (Å²) < 4.78 is 38.1. The molecule has 0 spiro atoms. The van der Waals surface area contributed by atoms with Gasteiger partial charge in [-0.1, -0.05) is 12.1 Å². The number of methoxy groups -OCH3 is 1. The van der Waals surface area contributed by atoms with Gasteiger partial charge in [0.15, 0.2) is 0 Å². The molecule has 1 aromatic carbocycles. The molecule has 2 fully saturated rings.